The van der Waals surface area contributed by atoms with Crippen LogP contribution in [-0.2, 0) is 9.53 Å². The van der Waals surface area contributed by atoms with Crippen LogP contribution in [0.15, 0.2) is 36.4 Å². The molecule has 0 saturated heterocycles. The van der Waals surface area contributed by atoms with E-state index in [1.54, 1.807) is 30.3 Å². The lowest BCUT2D eigenvalue weighted by atomic mass is 10.0. The molecule has 6 nitrogen and oxygen atoms in total. The van der Waals surface area contributed by atoms with Gasteiger partial charge >= 0.3 is 5.97 Å². The molecule has 0 aliphatic heterocycles. The van der Waals surface area contributed by atoms with E-state index in [1.165, 1.54) is 0 Å². The molecular formula is C21H25NO5. The van der Waals surface area contributed by atoms with Crippen molar-refractivity contribution in [3.05, 3.63) is 53.1 Å². The molecule has 0 atom stereocenters. The third kappa shape index (κ3) is 5.48. The maximum atomic E-state index is 12.2. The summed E-state index contributed by atoms with van der Waals surface area (Å²) in [6, 6.07) is 10.5. The predicted octanol–water partition coefficient (Wildman–Crippen LogP) is 3.90. The molecule has 0 unspecified atom stereocenters. The third-order valence-electron chi connectivity index (χ3n) is 3.99. The molecule has 2 aromatic rings. The Bertz CT molecular complexity index is 816. The van der Waals surface area contributed by atoms with Gasteiger partial charge in [0, 0.05) is 11.8 Å². The second-order valence-electron chi connectivity index (χ2n) is 5.90. The van der Waals surface area contributed by atoms with Crippen LogP contribution in [0.5, 0.6) is 11.5 Å². The van der Waals surface area contributed by atoms with Crippen LogP contribution in [0.1, 0.15) is 35.3 Å². The van der Waals surface area contributed by atoms with Crippen molar-refractivity contribution in [3.8, 4) is 11.5 Å². The molecule has 0 aliphatic rings. The van der Waals surface area contributed by atoms with Gasteiger partial charge in [0.05, 0.1) is 18.8 Å². The fraction of sp³-hybridized carbons (Fsp3) is 0.333. The van der Waals surface area contributed by atoms with Crippen LogP contribution in [0.25, 0.3) is 0 Å². The van der Waals surface area contributed by atoms with Crippen LogP contribution < -0.4 is 14.8 Å². The molecule has 2 aromatic carbocycles. The van der Waals surface area contributed by atoms with Crippen LogP contribution in [0, 0.1) is 13.8 Å². The van der Waals surface area contributed by atoms with E-state index in [1.807, 2.05) is 33.8 Å². The summed E-state index contributed by atoms with van der Waals surface area (Å²) < 4.78 is 16.2. The molecule has 0 aromatic heterocycles. The number of hydrogen-bond acceptors (Lipinski definition) is 5. The number of rotatable bonds is 8. The Hall–Kier alpha value is -3.02. The highest BCUT2D eigenvalue weighted by molar-refractivity contribution is 5.96. The number of carbonyl (C=O) groups excluding carboxylic acids is 2. The fourth-order valence-electron chi connectivity index (χ4n) is 2.51. The highest BCUT2D eigenvalue weighted by Crippen LogP contribution is 2.30. The maximum absolute atomic E-state index is 12.2. The first-order valence-corrected chi connectivity index (χ1v) is 8.89. The van der Waals surface area contributed by atoms with Crippen molar-refractivity contribution in [3.63, 3.8) is 0 Å². The Kier molecular flexibility index (Phi) is 7.23. The minimum absolute atomic E-state index is 0.372. The molecule has 0 saturated carbocycles. The van der Waals surface area contributed by atoms with Crippen LogP contribution in [-0.4, -0.2) is 31.7 Å². The van der Waals surface area contributed by atoms with Crippen molar-refractivity contribution >= 4 is 17.6 Å². The minimum atomic E-state index is -0.520. The molecule has 1 amide bonds. The molecule has 27 heavy (non-hydrogen) atoms. The van der Waals surface area contributed by atoms with Gasteiger partial charge in [0.2, 0.25) is 0 Å². The summed E-state index contributed by atoms with van der Waals surface area (Å²) in [5, 5.41) is 2.69. The Balaban J connectivity index is 1.98. The first-order valence-electron chi connectivity index (χ1n) is 8.89. The molecule has 6 heteroatoms. The largest absolute Gasteiger partial charge is 0.490 e. The molecule has 0 aliphatic carbocycles. The number of anilines is 1. The highest BCUT2D eigenvalue weighted by atomic mass is 16.5. The second-order valence-corrected chi connectivity index (χ2v) is 5.90. The van der Waals surface area contributed by atoms with Gasteiger partial charge < -0.3 is 19.5 Å². The van der Waals surface area contributed by atoms with Crippen molar-refractivity contribution in [1.82, 2.24) is 0 Å². The molecule has 1 N–H and O–H groups in total. The van der Waals surface area contributed by atoms with Crippen molar-refractivity contribution in [2.75, 3.05) is 25.1 Å². The quantitative estimate of drug-likeness (QED) is 0.713. The Morgan fingerprint density at radius 2 is 1.67 bits per heavy atom. The smallest absolute Gasteiger partial charge is 0.338 e. The van der Waals surface area contributed by atoms with Gasteiger partial charge in [-0.1, -0.05) is 12.1 Å². The normalized spacial score (nSPS) is 10.2. The lowest BCUT2D eigenvalue weighted by molar-refractivity contribution is -0.119. The van der Waals surface area contributed by atoms with Crippen molar-refractivity contribution in [2.45, 2.75) is 27.7 Å². The van der Waals surface area contributed by atoms with Crippen LogP contribution in [0.4, 0.5) is 5.69 Å². The van der Waals surface area contributed by atoms with Crippen LogP contribution in [0.3, 0.4) is 0 Å². The lowest BCUT2D eigenvalue weighted by Crippen LogP contribution is -2.21. The monoisotopic (exact) mass is 371 g/mol. The molecule has 144 valence electrons. The first kappa shape index (κ1) is 20.3. The van der Waals surface area contributed by atoms with Crippen LogP contribution in [0.2, 0.25) is 0 Å². The molecule has 0 fully saturated rings. The minimum Gasteiger partial charge on any atom is -0.490 e. The summed E-state index contributed by atoms with van der Waals surface area (Å²) >= 11 is 0. The average molecular weight is 371 g/mol. The van der Waals surface area contributed by atoms with Gasteiger partial charge in [-0.3, -0.25) is 4.79 Å². The van der Waals surface area contributed by atoms with E-state index in [4.69, 9.17) is 14.2 Å². The number of nitrogens with one attached hydrogen (secondary N) is 1. The Morgan fingerprint density at radius 3 is 2.37 bits per heavy atom. The van der Waals surface area contributed by atoms with E-state index in [0.29, 0.717) is 36.0 Å². The van der Waals surface area contributed by atoms with E-state index in [9.17, 15) is 9.59 Å². The SMILES string of the molecule is CCOc1ccc(NC(=O)COC(=O)c2cccc(C)c2C)cc1OCC. The number of ether oxygens (including phenoxy) is 3. The van der Waals surface area contributed by atoms with E-state index in [2.05, 4.69) is 5.32 Å². The van der Waals surface area contributed by atoms with Gasteiger partial charge in [-0.25, -0.2) is 4.79 Å². The summed E-state index contributed by atoms with van der Waals surface area (Å²) in [5.74, 6) is 0.205. The molecule has 0 radical (unpaired) electrons. The lowest BCUT2D eigenvalue weighted by Gasteiger charge is -2.13. The van der Waals surface area contributed by atoms with E-state index < -0.39 is 11.9 Å². The number of hydrogen-bond donors (Lipinski definition) is 1. The second kappa shape index (κ2) is 9.62. The topological polar surface area (TPSA) is 73.9 Å². The zero-order valence-electron chi connectivity index (χ0n) is 16.1. The predicted molar refractivity (Wildman–Crippen MR) is 104 cm³/mol. The summed E-state index contributed by atoms with van der Waals surface area (Å²) in [6.45, 7) is 8.14. The van der Waals surface area contributed by atoms with E-state index in [0.717, 1.165) is 11.1 Å². The number of amides is 1. The molecular weight excluding hydrogens is 346 g/mol. The van der Waals surface area contributed by atoms with Gasteiger partial charge in [-0.2, -0.15) is 0 Å². The van der Waals surface area contributed by atoms with Gasteiger partial charge in [0.15, 0.2) is 18.1 Å². The van der Waals surface area contributed by atoms with Gasteiger partial charge in [-0.15, -0.1) is 0 Å². The number of aryl methyl sites for hydroxylation is 1. The first-order chi connectivity index (χ1) is 13.0. The van der Waals surface area contributed by atoms with Crippen molar-refractivity contribution in [2.24, 2.45) is 0 Å². The zero-order valence-corrected chi connectivity index (χ0v) is 16.1. The maximum Gasteiger partial charge on any atom is 0.338 e. The molecule has 0 spiro atoms. The van der Waals surface area contributed by atoms with Gasteiger partial charge in [-0.05, 0) is 57.0 Å². The zero-order chi connectivity index (χ0) is 19.8. The summed E-state index contributed by atoms with van der Waals surface area (Å²) in [4.78, 5) is 24.3. The van der Waals surface area contributed by atoms with Gasteiger partial charge in [0.1, 0.15) is 0 Å². The summed E-state index contributed by atoms with van der Waals surface area (Å²) in [5.41, 5.74) is 2.83. The Labute approximate surface area is 159 Å². The van der Waals surface area contributed by atoms with Gasteiger partial charge in [0.25, 0.3) is 5.91 Å². The summed E-state index contributed by atoms with van der Waals surface area (Å²) in [7, 11) is 0. The summed E-state index contributed by atoms with van der Waals surface area (Å²) in [6.07, 6.45) is 0. The average Bonchev–Trinajstić information content (AvgIpc) is 2.64. The van der Waals surface area contributed by atoms with Crippen molar-refractivity contribution in [1.29, 1.82) is 0 Å². The highest BCUT2D eigenvalue weighted by Gasteiger charge is 2.14. The number of benzene rings is 2. The Morgan fingerprint density at radius 1 is 0.963 bits per heavy atom. The molecule has 0 heterocycles. The fourth-order valence-corrected chi connectivity index (χ4v) is 2.51. The van der Waals surface area contributed by atoms with Crippen molar-refractivity contribution < 1.29 is 23.8 Å². The standard InChI is InChI=1S/C21H25NO5/c1-5-25-18-11-10-16(12-19(18)26-6-2)22-20(23)13-27-21(24)17-9-7-8-14(3)15(17)4/h7-12H,5-6,13H2,1-4H3,(H,22,23). The van der Waals surface area contributed by atoms with E-state index >= 15 is 0 Å². The third-order valence-corrected chi connectivity index (χ3v) is 3.99. The van der Waals surface area contributed by atoms with Crippen LogP contribution >= 0.6 is 0 Å². The van der Waals surface area contributed by atoms with E-state index in [-0.39, 0.29) is 6.61 Å². The number of esters is 1. The number of carbonyl (C=O) groups is 2. The molecule has 2 rings (SSSR count). The molecule has 0 bridgehead atoms.